The van der Waals surface area contributed by atoms with Crippen LogP contribution in [0.5, 0.6) is 0 Å². The molecule has 18 heavy (non-hydrogen) atoms. The lowest BCUT2D eigenvalue weighted by Crippen LogP contribution is -2.32. The fourth-order valence-electron chi connectivity index (χ4n) is 2.16. The number of anilines is 1. The average Bonchev–Trinajstić information content (AvgIpc) is 2.76. The van der Waals surface area contributed by atoms with Crippen molar-refractivity contribution in [1.29, 1.82) is 5.26 Å². The van der Waals surface area contributed by atoms with Gasteiger partial charge in [-0.3, -0.25) is 4.79 Å². The van der Waals surface area contributed by atoms with Crippen molar-refractivity contribution in [3.05, 3.63) is 28.2 Å². The number of nitrogens with zero attached hydrogens (tertiary/aromatic N) is 1. The number of hydrogen-bond donors (Lipinski definition) is 2. The van der Waals surface area contributed by atoms with Crippen molar-refractivity contribution in [3.8, 4) is 6.07 Å². The molecule has 1 heterocycles. The van der Waals surface area contributed by atoms with Crippen LogP contribution >= 0.6 is 15.9 Å². The summed E-state index contributed by atoms with van der Waals surface area (Å²) in [6.45, 7) is 2.87. The molecule has 1 aromatic carbocycles. The Morgan fingerprint density at radius 2 is 2.39 bits per heavy atom. The van der Waals surface area contributed by atoms with Gasteiger partial charge in [0.05, 0.1) is 17.2 Å². The predicted octanol–water partition coefficient (Wildman–Crippen LogP) is 2.26. The number of amides is 1. The zero-order valence-corrected chi connectivity index (χ0v) is 11.6. The Labute approximate surface area is 115 Å². The SMILES string of the molecule is CC1NCCC1C(=O)Nc1cc(Br)ccc1C#N. The van der Waals surface area contributed by atoms with Gasteiger partial charge in [0.1, 0.15) is 6.07 Å². The molecule has 0 aromatic heterocycles. The number of carbonyl (C=O) groups is 1. The lowest BCUT2D eigenvalue weighted by molar-refractivity contribution is -0.120. The number of rotatable bonds is 2. The van der Waals surface area contributed by atoms with Gasteiger partial charge in [0.25, 0.3) is 0 Å². The first-order valence-electron chi connectivity index (χ1n) is 5.85. The van der Waals surface area contributed by atoms with Crippen LogP contribution < -0.4 is 10.6 Å². The van der Waals surface area contributed by atoms with E-state index in [2.05, 4.69) is 32.6 Å². The Morgan fingerprint density at radius 3 is 3.00 bits per heavy atom. The van der Waals surface area contributed by atoms with Gasteiger partial charge in [0.15, 0.2) is 0 Å². The first-order chi connectivity index (χ1) is 8.61. The van der Waals surface area contributed by atoms with Crippen molar-refractivity contribution in [1.82, 2.24) is 5.32 Å². The molecule has 2 atom stereocenters. The third-order valence-electron chi connectivity index (χ3n) is 3.22. The Kier molecular flexibility index (Phi) is 4.00. The second-order valence-corrected chi connectivity index (χ2v) is 5.34. The molecule has 1 aromatic rings. The van der Waals surface area contributed by atoms with E-state index in [-0.39, 0.29) is 17.9 Å². The molecule has 1 aliphatic heterocycles. The van der Waals surface area contributed by atoms with Crippen molar-refractivity contribution < 1.29 is 4.79 Å². The lowest BCUT2D eigenvalue weighted by Gasteiger charge is -2.15. The van der Waals surface area contributed by atoms with E-state index in [1.807, 2.05) is 6.92 Å². The molecule has 1 fully saturated rings. The second kappa shape index (κ2) is 5.51. The minimum absolute atomic E-state index is 0.0258. The summed E-state index contributed by atoms with van der Waals surface area (Å²) in [7, 11) is 0. The summed E-state index contributed by atoms with van der Waals surface area (Å²) in [5, 5.41) is 15.1. The van der Waals surface area contributed by atoms with Gasteiger partial charge >= 0.3 is 0 Å². The van der Waals surface area contributed by atoms with Gasteiger partial charge in [0.2, 0.25) is 5.91 Å². The van der Waals surface area contributed by atoms with Crippen molar-refractivity contribution in [3.63, 3.8) is 0 Å². The number of benzene rings is 1. The molecule has 4 nitrogen and oxygen atoms in total. The van der Waals surface area contributed by atoms with Crippen LogP contribution in [0.25, 0.3) is 0 Å². The van der Waals surface area contributed by atoms with Crippen LogP contribution in [0.1, 0.15) is 18.9 Å². The van der Waals surface area contributed by atoms with Crippen LogP contribution in [-0.2, 0) is 4.79 Å². The van der Waals surface area contributed by atoms with Crippen LogP contribution in [0.4, 0.5) is 5.69 Å². The molecule has 0 aliphatic carbocycles. The van der Waals surface area contributed by atoms with Gasteiger partial charge in [-0.1, -0.05) is 15.9 Å². The Morgan fingerprint density at radius 1 is 1.61 bits per heavy atom. The lowest BCUT2D eigenvalue weighted by atomic mass is 10.0. The largest absolute Gasteiger partial charge is 0.325 e. The number of halogens is 1. The van der Waals surface area contributed by atoms with E-state index in [4.69, 9.17) is 5.26 Å². The standard InChI is InChI=1S/C13H14BrN3O/c1-8-11(4-5-16-8)13(18)17-12-6-10(14)3-2-9(12)7-15/h2-3,6,8,11,16H,4-5H2,1H3,(H,17,18). The smallest absolute Gasteiger partial charge is 0.229 e. The van der Waals surface area contributed by atoms with E-state index in [0.29, 0.717) is 11.3 Å². The van der Waals surface area contributed by atoms with Crippen molar-refractivity contribution >= 4 is 27.5 Å². The van der Waals surface area contributed by atoms with Crippen LogP contribution in [0, 0.1) is 17.2 Å². The summed E-state index contributed by atoms with van der Waals surface area (Å²) in [5.41, 5.74) is 1.04. The molecule has 2 N–H and O–H groups in total. The van der Waals surface area contributed by atoms with Gasteiger partial charge in [-0.25, -0.2) is 0 Å². The summed E-state index contributed by atoms with van der Waals surface area (Å²) in [5.74, 6) is -0.0578. The highest BCUT2D eigenvalue weighted by atomic mass is 79.9. The monoisotopic (exact) mass is 307 g/mol. The molecule has 0 saturated carbocycles. The highest BCUT2D eigenvalue weighted by molar-refractivity contribution is 9.10. The fourth-order valence-corrected chi connectivity index (χ4v) is 2.52. The van der Waals surface area contributed by atoms with E-state index in [1.54, 1.807) is 18.2 Å². The topological polar surface area (TPSA) is 64.9 Å². The molecule has 1 aliphatic rings. The summed E-state index contributed by atoms with van der Waals surface area (Å²) in [4.78, 5) is 12.1. The zero-order chi connectivity index (χ0) is 13.1. The highest BCUT2D eigenvalue weighted by Crippen LogP contribution is 2.23. The van der Waals surface area contributed by atoms with Gasteiger partial charge in [0, 0.05) is 10.5 Å². The van der Waals surface area contributed by atoms with Crippen LogP contribution in [-0.4, -0.2) is 18.5 Å². The third kappa shape index (κ3) is 2.71. The Balaban J connectivity index is 2.16. The predicted molar refractivity (Wildman–Crippen MR) is 73.1 cm³/mol. The minimum Gasteiger partial charge on any atom is -0.325 e. The molecule has 0 spiro atoms. The van der Waals surface area contributed by atoms with Crippen molar-refractivity contribution in [2.75, 3.05) is 11.9 Å². The van der Waals surface area contributed by atoms with Gasteiger partial charge in [-0.05, 0) is 38.1 Å². The molecular formula is C13H14BrN3O. The van der Waals surface area contributed by atoms with Crippen LogP contribution in [0.15, 0.2) is 22.7 Å². The quantitative estimate of drug-likeness (QED) is 0.881. The van der Waals surface area contributed by atoms with E-state index >= 15 is 0 Å². The molecule has 2 rings (SSSR count). The zero-order valence-electron chi connectivity index (χ0n) is 10.0. The first-order valence-corrected chi connectivity index (χ1v) is 6.65. The highest BCUT2D eigenvalue weighted by Gasteiger charge is 2.29. The van der Waals surface area contributed by atoms with Gasteiger partial charge < -0.3 is 10.6 Å². The van der Waals surface area contributed by atoms with E-state index in [1.165, 1.54) is 0 Å². The summed E-state index contributed by atoms with van der Waals surface area (Å²) >= 11 is 3.34. The summed E-state index contributed by atoms with van der Waals surface area (Å²) in [6, 6.07) is 7.49. The molecular weight excluding hydrogens is 294 g/mol. The number of hydrogen-bond acceptors (Lipinski definition) is 3. The molecule has 0 radical (unpaired) electrons. The maximum absolute atomic E-state index is 12.1. The number of nitriles is 1. The van der Waals surface area contributed by atoms with E-state index in [0.717, 1.165) is 17.4 Å². The normalized spacial score (nSPS) is 22.5. The van der Waals surface area contributed by atoms with Gasteiger partial charge in [-0.15, -0.1) is 0 Å². The molecule has 0 bridgehead atoms. The fraction of sp³-hybridized carbons (Fsp3) is 0.385. The van der Waals surface area contributed by atoms with Crippen molar-refractivity contribution in [2.45, 2.75) is 19.4 Å². The minimum atomic E-state index is -0.0319. The summed E-state index contributed by atoms with van der Waals surface area (Å²) in [6.07, 6.45) is 0.836. The Hall–Kier alpha value is -1.38. The molecule has 1 saturated heterocycles. The van der Waals surface area contributed by atoms with Crippen LogP contribution in [0.3, 0.4) is 0 Å². The number of carbonyl (C=O) groups excluding carboxylic acids is 1. The second-order valence-electron chi connectivity index (χ2n) is 4.43. The van der Waals surface area contributed by atoms with E-state index < -0.39 is 0 Å². The number of nitrogens with one attached hydrogen (secondary N) is 2. The van der Waals surface area contributed by atoms with Crippen LogP contribution in [0.2, 0.25) is 0 Å². The van der Waals surface area contributed by atoms with Gasteiger partial charge in [-0.2, -0.15) is 5.26 Å². The molecule has 94 valence electrons. The average molecular weight is 308 g/mol. The molecule has 5 heteroatoms. The third-order valence-corrected chi connectivity index (χ3v) is 3.72. The Bertz CT molecular complexity index is 509. The van der Waals surface area contributed by atoms with Crippen molar-refractivity contribution in [2.24, 2.45) is 5.92 Å². The first kappa shape index (κ1) is 13.1. The summed E-state index contributed by atoms with van der Waals surface area (Å²) < 4.78 is 0.842. The molecule has 1 amide bonds. The maximum atomic E-state index is 12.1. The maximum Gasteiger partial charge on any atom is 0.229 e. The van der Waals surface area contributed by atoms with E-state index in [9.17, 15) is 4.79 Å². The molecule has 2 unspecified atom stereocenters.